The van der Waals surface area contributed by atoms with Crippen molar-refractivity contribution in [2.75, 3.05) is 24.6 Å². The lowest BCUT2D eigenvalue weighted by atomic mass is 10.0. The molecule has 1 saturated heterocycles. The maximum absolute atomic E-state index is 12.9. The molecule has 1 fully saturated rings. The number of halogens is 3. The summed E-state index contributed by atoms with van der Waals surface area (Å²) in [6.07, 6.45) is -3.92. The summed E-state index contributed by atoms with van der Waals surface area (Å²) in [6.45, 7) is 1.47. The van der Waals surface area contributed by atoms with Crippen LogP contribution in [0, 0.1) is 0 Å². The van der Waals surface area contributed by atoms with E-state index in [1.54, 1.807) is 18.2 Å². The molecule has 27 heavy (non-hydrogen) atoms. The maximum Gasteiger partial charge on any atom is 0.416 e. The number of alkyl halides is 3. The van der Waals surface area contributed by atoms with E-state index in [0.29, 0.717) is 37.4 Å². The van der Waals surface area contributed by atoms with Crippen LogP contribution in [0.3, 0.4) is 0 Å². The summed E-state index contributed by atoms with van der Waals surface area (Å²) < 4.78 is 44.6. The molecule has 2 aromatic carbocycles. The van der Waals surface area contributed by atoms with Gasteiger partial charge in [-0.15, -0.1) is 0 Å². The fraction of sp³-hybridized carbons (Fsp3) is 0.316. The van der Waals surface area contributed by atoms with Crippen LogP contribution < -0.4 is 16.2 Å². The molecule has 1 atom stereocenters. The van der Waals surface area contributed by atoms with Gasteiger partial charge in [-0.05, 0) is 35.9 Å². The van der Waals surface area contributed by atoms with E-state index in [9.17, 15) is 18.0 Å². The van der Waals surface area contributed by atoms with E-state index in [1.807, 2.05) is 17.0 Å². The van der Waals surface area contributed by atoms with Crippen LogP contribution in [0.2, 0.25) is 0 Å². The molecular weight excluding hydrogens is 359 g/mol. The number of nitrogen functional groups attached to an aromatic ring is 1. The number of carbonyl (C=O) groups is 1. The van der Waals surface area contributed by atoms with Gasteiger partial charge < -0.3 is 9.64 Å². The van der Waals surface area contributed by atoms with Crippen LogP contribution in [0.1, 0.15) is 21.5 Å². The van der Waals surface area contributed by atoms with E-state index in [4.69, 9.17) is 10.6 Å². The Morgan fingerprint density at radius 1 is 1.22 bits per heavy atom. The average molecular weight is 379 g/mol. The quantitative estimate of drug-likeness (QED) is 0.487. The second-order valence-corrected chi connectivity index (χ2v) is 6.36. The minimum Gasteiger partial charge on any atom is -0.374 e. The van der Waals surface area contributed by atoms with E-state index >= 15 is 0 Å². The van der Waals surface area contributed by atoms with Crippen LogP contribution in [0.15, 0.2) is 48.5 Å². The zero-order valence-corrected chi connectivity index (χ0v) is 14.5. The molecule has 1 amide bonds. The first-order valence-corrected chi connectivity index (χ1v) is 8.50. The molecule has 3 rings (SSSR count). The Hall–Kier alpha value is -2.58. The van der Waals surface area contributed by atoms with Gasteiger partial charge >= 0.3 is 6.18 Å². The highest BCUT2D eigenvalue weighted by Crippen LogP contribution is 2.32. The molecule has 0 saturated carbocycles. The molecule has 5 nitrogen and oxygen atoms in total. The van der Waals surface area contributed by atoms with Gasteiger partial charge in [-0.25, -0.2) is 5.84 Å². The Balaban J connectivity index is 1.67. The lowest BCUT2D eigenvalue weighted by molar-refractivity contribution is -0.137. The highest BCUT2D eigenvalue weighted by Gasteiger charge is 2.31. The van der Waals surface area contributed by atoms with E-state index < -0.39 is 11.7 Å². The van der Waals surface area contributed by atoms with Crippen LogP contribution >= 0.6 is 0 Å². The Bertz CT molecular complexity index is 794. The first kappa shape index (κ1) is 19.2. The molecule has 1 unspecified atom stereocenters. The summed E-state index contributed by atoms with van der Waals surface area (Å²) in [5.41, 5.74) is 3.38. The zero-order valence-electron chi connectivity index (χ0n) is 14.5. The van der Waals surface area contributed by atoms with Crippen molar-refractivity contribution in [1.82, 2.24) is 5.43 Å². The van der Waals surface area contributed by atoms with Gasteiger partial charge in [-0.2, -0.15) is 13.2 Å². The third-order valence-electron chi connectivity index (χ3n) is 4.49. The molecule has 0 aliphatic carbocycles. The summed E-state index contributed by atoms with van der Waals surface area (Å²) in [6, 6.07) is 12.3. The van der Waals surface area contributed by atoms with Gasteiger partial charge in [0.15, 0.2) is 0 Å². The minimum absolute atomic E-state index is 0.150. The number of benzene rings is 2. The van der Waals surface area contributed by atoms with Gasteiger partial charge in [0.05, 0.1) is 18.3 Å². The summed E-state index contributed by atoms with van der Waals surface area (Å²) in [5.74, 6) is 4.73. The second kappa shape index (κ2) is 7.98. The summed E-state index contributed by atoms with van der Waals surface area (Å²) >= 11 is 0. The standard InChI is InChI=1S/C19H20F3N3O2/c20-19(21,22)15-2-1-3-16(11-15)25-8-9-27-17(12-25)10-13-4-6-14(7-5-13)18(26)24-23/h1-7,11,17H,8-10,12,23H2,(H,24,26). The Morgan fingerprint density at radius 3 is 2.63 bits per heavy atom. The smallest absolute Gasteiger partial charge is 0.374 e. The predicted molar refractivity (Wildman–Crippen MR) is 95.2 cm³/mol. The Kier molecular flexibility index (Phi) is 5.67. The second-order valence-electron chi connectivity index (χ2n) is 6.36. The van der Waals surface area contributed by atoms with Gasteiger partial charge in [0.2, 0.25) is 0 Å². The number of nitrogens with two attached hydrogens (primary N) is 1. The molecular formula is C19H20F3N3O2. The average Bonchev–Trinajstić information content (AvgIpc) is 2.67. The number of hydrazine groups is 1. The van der Waals surface area contributed by atoms with E-state index in [0.717, 1.165) is 11.6 Å². The number of hydrogen-bond acceptors (Lipinski definition) is 4. The monoisotopic (exact) mass is 379 g/mol. The fourth-order valence-electron chi connectivity index (χ4n) is 3.09. The summed E-state index contributed by atoms with van der Waals surface area (Å²) in [7, 11) is 0. The SMILES string of the molecule is NNC(=O)c1ccc(CC2CN(c3cccc(C(F)(F)F)c3)CCO2)cc1. The molecule has 0 bridgehead atoms. The number of nitrogens with zero attached hydrogens (tertiary/aromatic N) is 1. The van der Waals surface area contributed by atoms with Crippen LogP contribution in [-0.4, -0.2) is 31.7 Å². The predicted octanol–water partition coefficient (Wildman–Crippen LogP) is 2.76. The van der Waals surface area contributed by atoms with E-state index in [-0.39, 0.29) is 12.0 Å². The van der Waals surface area contributed by atoms with Crippen molar-refractivity contribution in [3.8, 4) is 0 Å². The van der Waals surface area contributed by atoms with Crippen LogP contribution in [0.25, 0.3) is 0 Å². The van der Waals surface area contributed by atoms with Gasteiger partial charge in [0.1, 0.15) is 0 Å². The number of anilines is 1. The van der Waals surface area contributed by atoms with Gasteiger partial charge in [0.25, 0.3) is 5.91 Å². The largest absolute Gasteiger partial charge is 0.416 e. The molecule has 0 aromatic heterocycles. The molecule has 1 aliphatic rings. The number of morpholine rings is 1. The Morgan fingerprint density at radius 2 is 1.96 bits per heavy atom. The lowest BCUT2D eigenvalue weighted by Gasteiger charge is -2.35. The topological polar surface area (TPSA) is 67.6 Å². The zero-order chi connectivity index (χ0) is 19.4. The normalized spacial score (nSPS) is 17.6. The highest BCUT2D eigenvalue weighted by atomic mass is 19.4. The van der Waals surface area contributed by atoms with Crippen molar-refractivity contribution in [3.63, 3.8) is 0 Å². The fourth-order valence-corrected chi connectivity index (χ4v) is 3.09. The molecule has 144 valence electrons. The molecule has 3 N–H and O–H groups in total. The summed E-state index contributed by atoms with van der Waals surface area (Å²) in [5, 5.41) is 0. The number of amides is 1. The first-order valence-electron chi connectivity index (χ1n) is 8.50. The lowest BCUT2D eigenvalue weighted by Crippen LogP contribution is -2.43. The summed E-state index contributed by atoms with van der Waals surface area (Å²) in [4.78, 5) is 13.4. The Labute approximate surface area is 154 Å². The third-order valence-corrected chi connectivity index (χ3v) is 4.49. The molecule has 1 aliphatic heterocycles. The van der Waals surface area contributed by atoms with Crippen molar-refractivity contribution in [2.45, 2.75) is 18.7 Å². The van der Waals surface area contributed by atoms with Crippen molar-refractivity contribution < 1.29 is 22.7 Å². The van der Waals surface area contributed by atoms with Crippen LogP contribution in [0.5, 0.6) is 0 Å². The minimum atomic E-state index is -4.36. The van der Waals surface area contributed by atoms with E-state index in [1.165, 1.54) is 12.1 Å². The number of rotatable bonds is 4. The van der Waals surface area contributed by atoms with Crippen molar-refractivity contribution in [1.29, 1.82) is 0 Å². The first-order chi connectivity index (χ1) is 12.9. The number of ether oxygens (including phenoxy) is 1. The van der Waals surface area contributed by atoms with Crippen molar-refractivity contribution in [2.24, 2.45) is 5.84 Å². The molecule has 1 heterocycles. The van der Waals surface area contributed by atoms with Crippen LogP contribution in [0.4, 0.5) is 18.9 Å². The van der Waals surface area contributed by atoms with Gasteiger partial charge in [-0.1, -0.05) is 18.2 Å². The molecule has 0 spiro atoms. The van der Waals surface area contributed by atoms with Gasteiger partial charge in [-0.3, -0.25) is 10.2 Å². The van der Waals surface area contributed by atoms with Crippen molar-refractivity contribution in [3.05, 3.63) is 65.2 Å². The third kappa shape index (κ3) is 4.78. The highest BCUT2D eigenvalue weighted by molar-refractivity contribution is 5.93. The van der Waals surface area contributed by atoms with Gasteiger partial charge in [0, 0.05) is 30.8 Å². The van der Waals surface area contributed by atoms with Crippen LogP contribution in [-0.2, 0) is 17.3 Å². The molecule has 2 aromatic rings. The maximum atomic E-state index is 12.9. The number of hydrogen-bond donors (Lipinski definition) is 2. The van der Waals surface area contributed by atoms with Crippen molar-refractivity contribution >= 4 is 11.6 Å². The van der Waals surface area contributed by atoms with E-state index in [2.05, 4.69) is 5.43 Å². The number of carbonyl (C=O) groups excluding carboxylic acids is 1. The molecule has 8 heteroatoms. The number of nitrogens with one attached hydrogen (secondary N) is 1. The molecule has 0 radical (unpaired) electrons.